The Balaban J connectivity index is 1.73. The Labute approximate surface area is 152 Å². The van der Waals surface area contributed by atoms with Gasteiger partial charge in [-0.3, -0.25) is 4.79 Å². The molecule has 1 aliphatic rings. The van der Waals surface area contributed by atoms with Crippen LogP contribution in [0.4, 0.5) is 5.69 Å². The molecule has 0 atom stereocenters. The number of hydrogen-bond acceptors (Lipinski definition) is 3. The summed E-state index contributed by atoms with van der Waals surface area (Å²) in [6.45, 7) is 2.05. The van der Waals surface area contributed by atoms with Gasteiger partial charge >= 0.3 is 0 Å². The fourth-order valence-electron chi connectivity index (χ4n) is 2.91. The highest BCUT2D eigenvalue weighted by atomic mass is 35.5. The van der Waals surface area contributed by atoms with Crippen LogP contribution in [-0.4, -0.2) is 27.4 Å². The zero-order valence-corrected chi connectivity index (χ0v) is 15.4. The Morgan fingerprint density at radius 1 is 1.24 bits per heavy atom. The van der Waals surface area contributed by atoms with Crippen molar-refractivity contribution in [2.24, 2.45) is 0 Å². The second-order valence-corrected chi connectivity index (χ2v) is 8.19. The zero-order valence-electron chi connectivity index (χ0n) is 13.8. The average Bonchev–Trinajstić information content (AvgIpc) is 2.61. The van der Waals surface area contributed by atoms with E-state index in [2.05, 4.69) is 4.72 Å². The number of hydrogen-bond donors (Lipinski definition) is 1. The third kappa shape index (κ3) is 3.86. The highest BCUT2D eigenvalue weighted by Crippen LogP contribution is 2.26. The monoisotopic (exact) mass is 378 g/mol. The van der Waals surface area contributed by atoms with Gasteiger partial charge in [-0.25, -0.2) is 13.1 Å². The number of nitrogens with zero attached hydrogens (tertiary/aromatic N) is 1. The minimum absolute atomic E-state index is 0.0984. The lowest BCUT2D eigenvalue weighted by atomic mass is 10.0. The van der Waals surface area contributed by atoms with Gasteiger partial charge < -0.3 is 4.90 Å². The molecule has 0 saturated carbocycles. The van der Waals surface area contributed by atoms with Crippen molar-refractivity contribution in [3.63, 3.8) is 0 Å². The SMILES string of the molecule is Cc1cc(S(=O)(=O)NCC(=O)N2CCCc3ccccc32)ccc1Cl. The normalized spacial score (nSPS) is 14.2. The van der Waals surface area contributed by atoms with Crippen LogP contribution in [0.15, 0.2) is 47.4 Å². The number of benzene rings is 2. The van der Waals surface area contributed by atoms with E-state index in [1.165, 1.54) is 18.2 Å². The molecular weight excluding hydrogens is 360 g/mol. The highest BCUT2D eigenvalue weighted by molar-refractivity contribution is 7.89. The predicted molar refractivity (Wildman–Crippen MR) is 98.5 cm³/mol. The molecule has 1 N–H and O–H groups in total. The summed E-state index contributed by atoms with van der Waals surface area (Å²) in [7, 11) is -3.77. The molecule has 2 aromatic carbocycles. The van der Waals surface area contributed by atoms with Gasteiger partial charge in [-0.15, -0.1) is 0 Å². The molecular formula is C18H19ClN2O3S. The summed E-state index contributed by atoms with van der Waals surface area (Å²) in [4.78, 5) is 14.3. The fraction of sp³-hybridized carbons (Fsp3) is 0.278. The first kappa shape index (κ1) is 17.9. The van der Waals surface area contributed by atoms with Gasteiger partial charge in [-0.1, -0.05) is 29.8 Å². The molecule has 2 aromatic rings. The Morgan fingerprint density at radius 2 is 2.00 bits per heavy atom. The number of para-hydroxylation sites is 1. The molecule has 3 rings (SSSR count). The summed E-state index contributed by atoms with van der Waals surface area (Å²) in [6, 6.07) is 12.2. The second kappa shape index (κ2) is 7.15. The van der Waals surface area contributed by atoms with E-state index < -0.39 is 10.0 Å². The quantitative estimate of drug-likeness (QED) is 0.889. The third-order valence-electron chi connectivity index (χ3n) is 4.26. The van der Waals surface area contributed by atoms with Crippen LogP contribution in [0.25, 0.3) is 0 Å². The van der Waals surface area contributed by atoms with Gasteiger partial charge in [-0.2, -0.15) is 0 Å². The summed E-state index contributed by atoms with van der Waals surface area (Å²) in [5, 5.41) is 0.500. The molecule has 132 valence electrons. The summed E-state index contributed by atoms with van der Waals surface area (Å²) in [5.41, 5.74) is 2.64. The second-order valence-electron chi connectivity index (χ2n) is 6.01. The first-order chi connectivity index (χ1) is 11.9. The summed E-state index contributed by atoms with van der Waals surface area (Å²) in [6.07, 6.45) is 1.79. The lowest BCUT2D eigenvalue weighted by molar-refractivity contribution is -0.117. The molecule has 1 heterocycles. The number of carbonyl (C=O) groups excluding carboxylic acids is 1. The molecule has 5 nitrogen and oxygen atoms in total. The standard InChI is InChI=1S/C18H19ClN2O3S/c1-13-11-15(8-9-16(13)19)25(23,24)20-12-18(22)21-10-4-6-14-5-2-3-7-17(14)21/h2-3,5,7-9,11,20H,4,6,10,12H2,1H3. The van der Waals surface area contributed by atoms with E-state index in [9.17, 15) is 13.2 Å². The third-order valence-corrected chi connectivity index (χ3v) is 6.09. The first-order valence-electron chi connectivity index (χ1n) is 8.02. The van der Waals surface area contributed by atoms with E-state index in [0.29, 0.717) is 17.1 Å². The Morgan fingerprint density at radius 3 is 2.76 bits per heavy atom. The minimum Gasteiger partial charge on any atom is -0.311 e. The molecule has 0 aromatic heterocycles. The van der Waals surface area contributed by atoms with Crippen LogP contribution in [0, 0.1) is 6.92 Å². The van der Waals surface area contributed by atoms with Crippen molar-refractivity contribution in [2.45, 2.75) is 24.7 Å². The first-order valence-corrected chi connectivity index (χ1v) is 9.89. The Kier molecular flexibility index (Phi) is 5.13. The van der Waals surface area contributed by atoms with Gasteiger partial charge in [0.25, 0.3) is 0 Å². The minimum atomic E-state index is -3.77. The van der Waals surface area contributed by atoms with Crippen molar-refractivity contribution in [1.82, 2.24) is 4.72 Å². The smallest absolute Gasteiger partial charge is 0.242 e. The maximum absolute atomic E-state index is 12.5. The number of nitrogens with one attached hydrogen (secondary N) is 1. The average molecular weight is 379 g/mol. The molecule has 0 spiro atoms. The van der Waals surface area contributed by atoms with E-state index in [0.717, 1.165) is 24.1 Å². The number of aryl methyl sites for hydroxylation is 2. The number of amides is 1. The van der Waals surface area contributed by atoms with Crippen molar-refractivity contribution < 1.29 is 13.2 Å². The molecule has 0 fully saturated rings. The molecule has 7 heteroatoms. The van der Waals surface area contributed by atoms with Crippen LogP contribution in [0.5, 0.6) is 0 Å². The van der Waals surface area contributed by atoms with Gasteiger partial charge in [0.2, 0.25) is 15.9 Å². The van der Waals surface area contributed by atoms with Crippen LogP contribution in [-0.2, 0) is 21.2 Å². The van der Waals surface area contributed by atoms with Crippen molar-refractivity contribution in [1.29, 1.82) is 0 Å². The molecule has 1 amide bonds. The van der Waals surface area contributed by atoms with E-state index in [4.69, 9.17) is 11.6 Å². The molecule has 0 unspecified atom stereocenters. The molecule has 0 bridgehead atoms. The topological polar surface area (TPSA) is 66.5 Å². The molecule has 25 heavy (non-hydrogen) atoms. The van der Waals surface area contributed by atoms with E-state index >= 15 is 0 Å². The summed E-state index contributed by atoms with van der Waals surface area (Å²) >= 11 is 5.93. The highest BCUT2D eigenvalue weighted by Gasteiger charge is 2.24. The van der Waals surface area contributed by atoms with Gasteiger partial charge in [0.15, 0.2) is 0 Å². The van der Waals surface area contributed by atoms with Crippen molar-refractivity contribution in [2.75, 3.05) is 18.0 Å². The summed E-state index contributed by atoms with van der Waals surface area (Å²) < 4.78 is 27.2. The number of fused-ring (bicyclic) bond motifs is 1. The van der Waals surface area contributed by atoms with Crippen LogP contribution in [0.3, 0.4) is 0 Å². The number of halogens is 1. The van der Waals surface area contributed by atoms with Crippen molar-refractivity contribution in [3.05, 3.63) is 58.6 Å². The molecule has 0 saturated heterocycles. The Bertz CT molecular complexity index is 912. The van der Waals surface area contributed by atoms with Gasteiger partial charge in [-0.05, 0) is 55.2 Å². The molecule has 0 radical (unpaired) electrons. The maximum atomic E-state index is 12.5. The van der Waals surface area contributed by atoms with Crippen LogP contribution >= 0.6 is 11.6 Å². The predicted octanol–water partition coefficient (Wildman–Crippen LogP) is 2.91. The van der Waals surface area contributed by atoms with Gasteiger partial charge in [0.05, 0.1) is 11.4 Å². The number of sulfonamides is 1. The number of rotatable bonds is 4. The number of carbonyl (C=O) groups is 1. The Hall–Kier alpha value is -1.89. The molecule has 1 aliphatic heterocycles. The fourth-order valence-corrected chi connectivity index (χ4v) is 4.09. The lowest BCUT2D eigenvalue weighted by Crippen LogP contribution is -2.42. The van der Waals surface area contributed by atoms with Gasteiger partial charge in [0.1, 0.15) is 0 Å². The maximum Gasteiger partial charge on any atom is 0.242 e. The van der Waals surface area contributed by atoms with E-state index in [1.807, 2.05) is 24.3 Å². The summed E-state index contributed by atoms with van der Waals surface area (Å²) in [5.74, 6) is -0.263. The van der Waals surface area contributed by atoms with Crippen molar-refractivity contribution >= 4 is 33.2 Å². The van der Waals surface area contributed by atoms with Crippen LogP contribution < -0.4 is 9.62 Å². The van der Waals surface area contributed by atoms with Crippen molar-refractivity contribution in [3.8, 4) is 0 Å². The van der Waals surface area contributed by atoms with Crippen LogP contribution in [0.2, 0.25) is 5.02 Å². The number of anilines is 1. The zero-order chi connectivity index (χ0) is 18.0. The largest absolute Gasteiger partial charge is 0.311 e. The van der Waals surface area contributed by atoms with E-state index in [1.54, 1.807) is 11.8 Å². The lowest BCUT2D eigenvalue weighted by Gasteiger charge is -2.29. The molecule has 0 aliphatic carbocycles. The van der Waals surface area contributed by atoms with Crippen LogP contribution in [0.1, 0.15) is 17.5 Å². The van der Waals surface area contributed by atoms with E-state index in [-0.39, 0.29) is 17.3 Å². The van der Waals surface area contributed by atoms with Gasteiger partial charge in [0, 0.05) is 17.3 Å².